The molecule has 0 saturated carbocycles. The molecule has 0 N–H and O–H groups in total. The SMILES string of the molecule is O=[N+]([O-])c1cc(Br)c(F)cc1Oc1ncc(CCl)cn1. The van der Waals surface area contributed by atoms with Crippen molar-refractivity contribution in [1.82, 2.24) is 9.97 Å². The van der Waals surface area contributed by atoms with E-state index in [0.717, 1.165) is 12.1 Å². The normalized spacial score (nSPS) is 10.3. The maximum atomic E-state index is 13.4. The average Bonchev–Trinajstić information content (AvgIpc) is 2.43. The second-order valence-corrected chi connectivity index (χ2v) is 4.72. The molecule has 1 heterocycles. The monoisotopic (exact) mass is 361 g/mol. The molecule has 0 unspecified atom stereocenters. The number of nitro groups is 1. The van der Waals surface area contributed by atoms with Crippen LogP contribution in [-0.4, -0.2) is 14.9 Å². The molecule has 104 valence electrons. The molecule has 0 amide bonds. The Balaban J connectivity index is 2.36. The third kappa shape index (κ3) is 3.20. The maximum Gasteiger partial charge on any atom is 0.322 e. The van der Waals surface area contributed by atoms with E-state index in [1.807, 2.05) is 0 Å². The molecule has 0 aliphatic rings. The fraction of sp³-hybridized carbons (Fsp3) is 0.0909. The number of aromatic nitrogens is 2. The first-order valence-corrected chi connectivity index (χ1v) is 6.52. The topological polar surface area (TPSA) is 78.2 Å². The van der Waals surface area contributed by atoms with E-state index < -0.39 is 16.4 Å². The molecule has 0 radical (unpaired) electrons. The molecule has 9 heteroatoms. The summed E-state index contributed by atoms with van der Waals surface area (Å²) in [5.41, 5.74) is 0.263. The van der Waals surface area contributed by atoms with Gasteiger partial charge in [0.15, 0.2) is 0 Å². The lowest BCUT2D eigenvalue weighted by atomic mass is 10.3. The molecule has 0 fully saturated rings. The molecule has 0 atom stereocenters. The smallest absolute Gasteiger partial charge is 0.322 e. The number of ether oxygens (including phenoxy) is 1. The van der Waals surface area contributed by atoms with Gasteiger partial charge in [-0.25, -0.2) is 14.4 Å². The van der Waals surface area contributed by atoms with Crippen LogP contribution in [0.25, 0.3) is 0 Å². The first-order chi connectivity index (χ1) is 9.51. The van der Waals surface area contributed by atoms with Gasteiger partial charge in [0.2, 0.25) is 5.75 Å². The first-order valence-electron chi connectivity index (χ1n) is 5.19. The Hall–Kier alpha value is -1.80. The van der Waals surface area contributed by atoms with Crippen LogP contribution in [0.1, 0.15) is 5.56 Å². The summed E-state index contributed by atoms with van der Waals surface area (Å²) in [5.74, 6) is -0.745. The van der Waals surface area contributed by atoms with Crippen LogP contribution in [0.4, 0.5) is 10.1 Å². The zero-order chi connectivity index (χ0) is 14.7. The molecule has 1 aromatic carbocycles. The van der Waals surface area contributed by atoms with Crippen molar-refractivity contribution >= 4 is 33.2 Å². The lowest BCUT2D eigenvalue weighted by Crippen LogP contribution is -1.98. The maximum absolute atomic E-state index is 13.4. The van der Waals surface area contributed by atoms with Crippen molar-refractivity contribution in [2.24, 2.45) is 0 Å². The fourth-order valence-electron chi connectivity index (χ4n) is 1.31. The number of nitro benzene ring substituents is 1. The van der Waals surface area contributed by atoms with Crippen molar-refractivity contribution in [3.63, 3.8) is 0 Å². The number of hydrogen-bond acceptors (Lipinski definition) is 5. The van der Waals surface area contributed by atoms with Crippen LogP contribution < -0.4 is 4.74 Å². The third-order valence-corrected chi connectivity index (χ3v) is 3.15. The van der Waals surface area contributed by atoms with Gasteiger partial charge in [-0.15, -0.1) is 11.6 Å². The summed E-state index contributed by atoms with van der Waals surface area (Å²) in [5, 5.41) is 10.9. The van der Waals surface area contributed by atoms with Gasteiger partial charge in [-0.2, -0.15) is 0 Å². The second kappa shape index (κ2) is 6.10. The molecule has 1 aromatic heterocycles. The Morgan fingerprint density at radius 2 is 2.05 bits per heavy atom. The van der Waals surface area contributed by atoms with Gasteiger partial charge in [-0.3, -0.25) is 10.1 Å². The predicted octanol–water partition coefficient (Wildman–Crippen LogP) is 3.82. The Labute approximate surface area is 125 Å². The van der Waals surface area contributed by atoms with Crippen LogP contribution >= 0.6 is 27.5 Å². The Morgan fingerprint density at radius 1 is 1.40 bits per heavy atom. The number of alkyl halides is 1. The Morgan fingerprint density at radius 3 is 2.60 bits per heavy atom. The average molecular weight is 363 g/mol. The van der Waals surface area contributed by atoms with Crippen LogP contribution in [0, 0.1) is 15.9 Å². The second-order valence-electron chi connectivity index (χ2n) is 3.60. The lowest BCUT2D eigenvalue weighted by molar-refractivity contribution is -0.385. The first kappa shape index (κ1) is 14.6. The van der Waals surface area contributed by atoms with Gasteiger partial charge in [0, 0.05) is 30.1 Å². The van der Waals surface area contributed by atoms with Crippen molar-refractivity contribution < 1.29 is 14.1 Å². The Bertz CT molecular complexity index is 654. The van der Waals surface area contributed by atoms with Crippen LogP contribution in [0.5, 0.6) is 11.8 Å². The molecule has 0 aliphatic carbocycles. The molecule has 0 spiro atoms. The van der Waals surface area contributed by atoms with E-state index in [-0.39, 0.29) is 22.1 Å². The van der Waals surface area contributed by atoms with Crippen molar-refractivity contribution in [3.05, 3.63) is 50.5 Å². The van der Waals surface area contributed by atoms with E-state index in [1.54, 1.807) is 0 Å². The summed E-state index contributed by atoms with van der Waals surface area (Å²) in [6.07, 6.45) is 2.83. The largest absolute Gasteiger partial charge is 0.417 e. The minimum atomic E-state index is -0.692. The summed E-state index contributed by atoms with van der Waals surface area (Å²) in [6, 6.07) is 1.77. The number of hydrogen-bond donors (Lipinski definition) is 0. The van der Waals surface area contributed by atoms with E-state index in [0.29, 0.717) is 5.56 Å². The standard InChI is InChI=1S/C11H6BrClFN3O3/c12-7-1-9(17(18)19)10(2-8(7)14)20-11-15-4-6(3-13)5-16-11/h1-2,4-5H,3H2. The fourth-order valence-corrected chi connectivity index (χ4v) is 1.77. The molecular formula is C11H6BrClFN3O3. The van der Waals surface area contributed by atoms with Gasteiger partial charge in [0.1, 0.15) is 5.82 Å². The van der Waals surface area contributed by atoms with Crippen LogP contribution in [0.2, 0.25) is 0 Å². The summed E-state index contributed by atoms with van der Waals surface area (Å²) >= 11 is 8.45. The molecule has 0 saturated heterocycles. The molecule has 20 heavy (non-hydrogen) atoms. The van der Waals surface area contributed by atoms with E-state index >= 15 is 0 Å². The molecule has 0 bridgehead atoms. The molecular weight excluding hydrogens is 356 g/mol. The van der Waals surface area contributed by atoms with Crippen molar-refractivity contribution in [2.45, 2.75) is 5.88 Å². The van der Waals surface area contributed by atoms with Gasteiger partial charge >= 0.3 is 11.7 Å². The molecule has 2 rings (SSSR count). The zero-order valence-electron chi connectivity index (χ0n) is 9.72. The number of benzene rings is 1. The molecule has 0 aliphatic heterocycles. The summed E-state index contributed by atoms with van der Waals surface area (Å²) in [4.78, 5) is 17.9. The Kier molecular flexibility index (Phi) is 4.46. The minimum Gasteiger partial charge on any atom is -0.417 e. The van der Waals surface area contributed by atoms with E-state index in [1.165, 1.54) is 12.4 Å². The highest BCUT2D eigenvalue weighted by Gasteiger charge is 2.20. The highest BCUT2D eigenvalue weighted by molar-refractivity contribution is 9.10. The summed E-state index contributed by atoms with van der Waals surface area (Å²) in [6.45, 7) is 0. The van der Waals surface area contributed by atoms with Gasteiger partial charge in [-0.1, -0.05) is 0 Å². The van der Waals surface area contributed by atoms with Gasteiger partial charge in [-0.05, 0) is 15.9 Å². The van der Waals surface area contributed by atoms with Crippen molar-refractivity contribution in [1.29, 1.82) is 0 Å². The van der Waals surface area contributed by atoms with Crippen LogP contribution in [0.15, 0.2) is 29.0 Å². The zero-order valence-corrected chi connectivity index (χ0v) is 12.1. The highest BCUT2D eigenvalue weighted by Crippen LogP contribution is 2.34. The highest BCUT2D eigenvalue weighted by atomic mass is 79.9. The number of nitrogens with zero attached hydrogens (tertiary/aromatic N) is 3. The lowest BCUT2D eigenvalue weighted by Gasteiger charge is -2.05. The number of rotatable bonds is 4. The van der Waals surface area contributed by atoms with Crippen LogP contribution in [0.3, 0.4) is 0 Å². The van der Waals surface area contributed by atoms with E-state index in [2.05, 4.69) is 25.9 Å². The summed E-state index contributed by atoms with van der Waals surface area (Å²) in [7, 11) is 0. The molecule has 6 nitrogen and oxygen atoms in total. The minimum absolute atomic E-state index is 0.0324. The van der Waals surface area contributed by atoms with Gasteiger partial charge in [0.05, 0.1) is 15.3 Å². The number of halogens is 3. The van der Waals surface area contributed by atoms with Crippen molar-refractivity contribution in [3.8, 4) is 11.8 Å². The van der Waals surface area contributed by atoms with Crippen molar-refractivity contribution in [2.75, 3.05) is 0 Å². The third-order valence-electron chi connectivity index (χ3n) is 2.24. The molecule has 2 aromatic rings. The predicted molar refractivity (Wildman–Crippen MR) is 72.4 cm³/mol. The van der Waals surface area contributed by atoms with E-state index in [4.69, 9.17) is 16.3 Å². The van der Waals surface area contributed by atoms with Crippen LogP contribution in [-0.2, 0) is 5.88 Å². The quantitative estimate of drug-likeness (QED) is 0.469. The van der Waals surface area contributed by atoms with E-state index in [9.17, 15) is 14.5 Å². The van der Waals surface area contributed by atoms with Gasteiger partial charge < -0.3 is 4.74 Å². The van der Waals surface area contributed by atoms with Gasteiger partial charge in [0.25, 0.3) is 0 Å². The summed E-state index contributed by atoms with van der Waals surface area (Å²) < 4.78 is 18.5.